The molecule has 0 saturated heterocycles. The normalized spacial score (nSPS) is 12.6. The van der Waals surface area contributed by atoms with Crippen LogP contribution in [0, 0.1) is 6.92 Å². The van der Waals surface area contributed by atoms with Gasteiger partial charge in [-0.2, -0.15) is 0 Å². The van der Waals surface area contributed by atoms with Crippen molar-refractivity contribution in [2.75, 3.05) is 23.9 Å². The van der Waals surface area contributed by atoms with E-state index >= 15 is 0 Å². The van der Waals surface area contributed by atoms with E-state index in [1.807, 2.05) is 43.3 Å². The molecule has 0 atom stereocenters. The summed E-state index contributed by atoms with van der Waals surface area (Å²) in [4.78, 5) is 31.7. The number of nitrogens with zero attached hydrogens (tertiary/aromatic N) is 2. The Bertz CT molecular complexity index is 1080. The molecule has 1 aliphatic rings. The number of carbonyl (C=O) groups is 2. The van der Waals surface area contributed by atoms with E-state index in [-0.39, 0.29) is 18.4 Å². The second-order valence-electron chi connectivity index (χ2n) is 6.65. The molecule has 146 valence electrons. The fourth-order valence-corrected chi connectivity index (χ4v) is 4.04. The van der Waals surface area contributed by atoms with E-state index in [9.17, 15) is 9.59 Å². The number of nitrogens with one attached hydrogen (secondary N) is 1. The van der Waals surface area contributed by atoms with Crippen LogP contribution in [0.5, 0.6) is 5.75 Å². The first-order chi connectivity index (χ1) is 14.0. The van der Waals surface area contributed by atoms with E-state index in [0.717, 1.165) is 16.1 Å². The lowest BCUT2D eigenvalue weighted by molar-refractivity contribution is -0.118. The summed E-state index contributed by atoms with van der Waals surface area (Å²) in [5, 5.41) is 3.49. The number of carbonyl (C=O) groups excluding carboxylic acids is 2. The molecule has 0 saturated carbocycles. The van der Waals surface area contributed by atoms with Crippen LogP contribution in [0.2, 0.25) is 0 Å². The first-order valence-electron chi connectivity index (χ1n) is 9.05. The van der Waals surface area contributed by atoms with E-state index in [4.69, 9.17) is 4.74 Å². The Morgan fingerprint density at radius 1 is 1.17 bits per heavy atom. The average molecular weight is 405 g/mol. The molecule has 0 radical (unpaired) electrons. The molecule has 29 heavy (non-hydrogen) atoms. The Morgan fingerprint density at radius 2 is 1.97 bits per heavy atom. The second kappa shape index (κ2) is 7.97. The molecule has 1 aliphatic heterocycles. The van der Waals surface area contributed by atoms with Crippen LogP contribution in [-0.4, -0.2) is 30.5 Å². The number of hydrogen-bond acceptors (Lipinski definition) is 5. The highest BCUT2D eigenvalue weighted by atomic mass is 32.2. The fraction of sp³-hybridized carbons (Fsp3) is 0.136. The van der Waals surface area contributed by atoms with E-state index in [2.05, 4.69) is 10.3 Å². The quantitative estimate of drug-likeness (QED) is 0.706. The van der Waals surface area contributed by atoms with Crippen LogP contribution in [-0.2, 0) is 4.79 Å². The van der Waals surface area contributed by atoms with E-state index in [1.165, 1.54) is 11.8 Å². The molecule has 4 rings (SSSR count). The van der Waals surface area contributed by atoms with Crippen LogP contribution in [0.4, 0.5) is 11.4 Å². The molecule has 2 heterocycles. The number of hydrogen-bond donors (Lipinski definition) is 1. The number of benzene rings is 2. The van der Waals surface area contributed by atoms with Gasteiger partial charge in [-0.25, -0.2) is 4.98 Å². The summed E-state index contributed by atoms with van der Waals surface area (Å²) in [5.74, 6) is 0.279. The van der Waals surface area contributed by atoms with Crippen LogP contribution in [0.3, 0.4) is 0 Å². The monoisotopic (exact) mass is 405 g/mol. The highest BCUT2D eigenvalue weighted by Gasteiger charge is 2.25. The number of anilines is 2. The van der Waals surface area contributed by atoms with Crippen LogP contribution in [0.15, 0.2) is 70.7 Å². The van der Waals surface area contributed by atoms with E-state index < -0.39 is 0 Å². The molecular formula is C22H19N3O3S. The molecule has 7 heteroatoms. The van der Waals surface area contributed by atoms with Crippen molar-refractivity contribution in [2.24, 2.45) is 0 Å². The number of ether oxygens (including phenoxy) is 1. The van der Waals surface area contributed by atoms with Gasteiger partial charge in [-0.1, -0.05) is 29.5 Å². The lowest BCUT2D eigenvalue weighted by Gasteiger charge is -2.18. The van der Waals surface area contributed by atoms with Gasteiger partial charge < -0.3 is 15.0 Å². The van der Waals surface area contributed by atoms with E-state index in [1.54, 1.807) is 36.3 Å². The Balaban J connectivity index is 1.49. The molecule has 0 unspecified atom stereocenters. The molecule has 3 aromatic rings. The van der Waals surface area contributed by atoms with Gasteiger partial charge in [-0.05, 0) is 49.4 Å². The maximum Gasteiger partial charge on any atom is 0.262 e. The predicted octanol–water partition coefficient (Wildman–Crippen LogP) is 4.15. The maximum atomic E-state index is 12.7. The maximum absolute atomic E-state index is 12.7. The minimum Gasteiger partial charge on any atom is -0.484 e. The highest BCUT2D eigenvalue weighted by molar-refractivity contribution is 7.99. The van der Waals surface area contributed by atoms with Crippen molar-refractivity contribution in [3.05, 3.63) is 71.9 Å². The number of aryl methyl sites for hydroxylation is 1. The molecule has 0 aliphatic carbocycles. The molecule has 2 amide bonds. The van der Waals surface area contributed by atoms with Gasteiger partial charge in [-0.15, -0.1) is 0 Å². The van der Waals surface area contributed by atoms with Gasteiger partial charge >= 0.3 is 0 Å². The van der Waals surface area contributed by atoms with Crippen molar-refractivity contribution in [3.8, 4) is 5.75 Å². The Kier molecular flexibility index (Phi) is 5.22. The molecule has 0 fully saturated rings. The van der Waals surface area contributed by atoms with E-state index in [0.29, 0.717) is 22.0 Å². The second-order valence-corrected chi connectivity index (χ2v) is 7.69. The molecule has 0 spiro atoms. The SMILES string of the molecule is Cc1ccc(OCC(=O)Nc2ccc3c(c2)Sc2ncccc2C(=O)N3C)cc1. The number of amides is 2. The third kappa shape index (κ3) is 4.09. The van der Waals surface area contributed by atoms with Crippen LogP contribution >= 0.6 is 11.8 Å². The lowest BCUT2D eigenvalue weighted by Crippen LogP contribution is -2.26. The van der Waals surface area contributed by atoms with Crippen molar-refractivity contribution in [1.29, 1.82) is 0 Å². The summed E-state index contributed by atoms with van der Waals surface area (Å²) >= 11 is 1.41. The molecule has 2 aromatic carbocycles. The fourth-order valence-electron chi connectivity index (χ4n) is 2.96. The first-order valence-corrected chi connectivity index (χ1v) is 9.87. The van der Waals surface area contributed by atoms with Gasteiger partial charge in [0.2, 0.25) is 0 Å². The van der Waals surface area contributed by atoms with Gasteiger partial charge in [-0.3, -0.25) is 9.59 Å². The largest absolute Gasteiger partial charge is 0.484 e. The molecule has 1 aromatic heterocycles. The van der Waals surface area contributed by atoms with Gasteiger partial charge in [0.1, 0.15) is 10.8 Å². The van der Waals surface area contributed by atoms with Gasteiger partial charge in [0.15, 0.2) is 6.61 Å². The summed E-state index contributed by atoms with van der Waals surface area (Å²) in [7, 11) is 1.73. The standard InChI is InChI=1S/C22H19N3O3S/c1-14-5-8-16(9-6-14)28-13-20(26)24-15-7-10-18-19(12-15)29-21-17(4-3-11-23-21)22(27)25(18)2/h3-12H,13H2,1-2H3,(H,24,26). The van der Waals surface area contributed by atoms with Crippen LogP contribution < -0.4 is 15.0 Å². The smallest absolute Gasteiger partial charge is 0.262 e. The summed E-state index contributed by atoms with van der Waals surface area (Å²) < 4.78 is 5.53. The minimum atomic E-state index is -0.257. The number of fused-ring (bicyclic) bond motifs is 2. The van der Waals surface area contributed by atoms with Crippen molar-refractivity contribution in [3.63, 3.8) is 0 Å². The average Bonchev–Trinajstić information content (AvgIpc) is 2.82. The summed E-state index contributed by atoms with van der Waals surface area (Å²) in [6.45, 7) is 1.90. The van der Waals surface area contributed by atoms with Crippen molar-refractivity contribution in [1.82, 2.24) is 4.98 Å². The first kappa shape index (κ1) is 19.0. The van der Waals surface area contributed by atoms with Crippen LogP contribution in [0.1, 0.15) is 15.9 Å². The van der Waals surface area contributed by atoms with Crippen molar-refractivity contribution in [2.45, 2.75) is 16.8 Å². The van der Waals surface area contributed by atoms with Crippen molar-refractivity contribution >= 4 is 35.0 Å². The Hall–Kier alpha value is -3.32. The highest BCUT2D eigenvalue weighted by Crippen LogP contribution is 2.40. The number of aromatic nitrogens is 1. The molecule has 1 N–H and O–H groups in total. The van der Waals surface area contributed by atoms with Crippen LogP contribution in [0.25, 0.3) is 0 Å². The van der Waals surface area contributed by atoms with Gasteiger partial charge in [0.05, 0.1) is 11.3 Å². The zero-order valence-electron chi connectivity index (χ0n) is 16.0. The Labute approximate surface area is 172 Å². The predicted molar refractivity (Wildman–Crippen MR) is 113 cm³/mol. The number of pyridine rings is 1. The lowest BCUT2D eigenvalue weighted by atomic mass is 10.2. The topological polar surface area (TPSA) is 71.5 Å². The van der Waals surface area contributed by atoms with Crippen molar-refractivity contribution < 1.29 is 14.3 Å². The molecular weight excluding hydrogens is 386 g/mol. The third-order valence-corrected chi connectivity index (χ3v) is 5.57. The zero-order valence-corrected chi connectivity index (χ0v) is 16.8. The van der Waals surface area contributed by atoms with Gasteiger partial charge in [0.25, 0.3) is 11.8 Å². The zero-order chi connectivity index (χ0) is 20.4. The minimum absolute atomic E-state index is 0.0872. The number of rotatable bonds is 4. The third-order valence-electron chi connectivity index (χ3n) is 4.51. The summed E-state index contributed by atoms with van der Waals surface area (Å²) in [6.07, 6.45) is 1.66. The summed E-state index contributed by atoms with van der Waals surface area (Å²) in [6, 6.07) is 16.5. The molecule has 6 nitrogen and oxygen atoms in total. The summed E-state index contributed by atoms with van der Waals surface area (Å²) in [5.41, 5.74) is 3.10. The Morgan fingerprint density at radius 3 is 2.76 bits per heavy atom. The molecule has 0 bridgehead atoms. The van der Waals surface area contributed by atoms with Gasteiger partial charge in [0, 0.05) is 23.8 Å².